The molecular formula is C23H37NSi2. The molecule has 2 aromatic rings. The van der Waals surface area contributed by atoms with E-state index in [0.29, 0.717) is 0 Å². The average Bonchev–Trinajstić information content (AvgIpc) is 2.63. The first-order chi connectivity index (χ1) is 12.3. The molecule has 0 saturated heterocycles. The van der Waals surface area contributed by atoms with Gasteiger partial charge in [-0.15, -0.1) is 0 Å². The molecule has 0 heterocycles. The molecule has 3 heteroatoms. The molecule has 0 N–H and O–H groups in total. The van der Waals surface area contributed by atoms with E-state index < -0.39 is 16.1 Å². The Balaban J connectivity index is 1.70. The summed E-state index contributed by atoms with van der Waals surface area (Å²) < 4.78 is 0. The molecule has 0 amide bonds. The van der Waals surface area contributed by atoms with Crippen molar-refractivity contribution in [1.29, 1.82) is 0 Å². The highest BCUT2D eigenvalue weighted by Gasteiger charge is 2.24. The molecule has 0 fully saturated rings. The first kappa shape index (κ1) is 21.1. The summed E-state index contributed by atoms with van der Waals surface area (Å²) in [6.45, 7) is 12.5. The summed E-state index contributed by atoms with van der Waals surface area (Å²) in [6, 6.07) is 25.1. The van der Waals surface area contributed by atoms with Gasteiger partial charge in [0.2, 0.25) is 0 Å². The maximum Gasteiger partial charge on any atom is 0.0806 e. The largest absolute Gasteiger partial charge is 0.306 e. The molecule has 1 nitrogen and oxygen atoms in total. The van der Waals surface area contributed by atoms with Crippen LogP contribution in [0.25, 0.3) is 0 Å². The molecule has 0 aliphatic rings. The molecule has 0 aliphatic heterocycles. The third-order valence-electron chi connectivity index (χ3n) is 5.79. The van der Waals surface area contributed by atoms with Gasteiger partial charge in [0.25, 0.3) is 0 Å². The Bertz CT molecular complexity index is 580. The van der Waals surface area contributed by atoms with Gasteiger partial charge < -0.3 is 4.90 Å². The van der Waals surface area contributed by atoms with Gasteiger partial charge in [-0.25, -0.2) is 0 Å². The first-order valence-electron chi connectivity index (χ1n) is 10.1. The van der Waals surface area contributed by atoms with Gasteiger partial charge >= 0.3 is 0 Å². The van der Waals surface area contributed by atoms with Crippen molar-refractivity contribution < 1.29 is 0 Å². The van der Waals surface area contributed by atoms with Crippen LogP contribution in [0.1, 0.15) is 12.8 Å². The lowest BCUT2D eigenvalue weighted by Crippen LogP contribution is -2.42. The molecule has 2 aromatic carbocycles. The first-order valence-corrected chi connectivity index (χ1v) is 16.5. The van der Waals surface area contributed by atoms with Crippen molar-refractivity contribution in [3.8, 4) is 0 Å². The highest BCUT2D eigenvalue weighted by atomic mass is 28.3. The molecule has 0 spiro atoms. The van der Waals surface area contributed by atoms with E-state index in [0.717, 1.165) is 0 Å². The monoisotopic (exact) mass is 383 g/mol. The van der Waals surface area contributed by atoms with Crippen molar-refractivity contribution in [3.63, 3.8) is 0 Å². The summed E-state index contributed by atoms with van der Waals surface area (Å²) in [6.07, 6.45) is 2.65. The maximum atomic E-state index is 2.55. The average molecular weight is 384 g/mol. The highest BCUT2D eigenvalue weighted by molar-refractivity contribution is 6.90. The smallest absolute Gasteiger partial charge is 0.0806 e. The van der Waals surface area contributed by atoms with Crippen molar-refractivity contribution in [2.24, 2.45) is 0 Å². The molecule has 2 rings (SSSR count). The van der Waals surface area contributed by atoms with Gasteiger partial charge in [-0.05, 0) is 33.0 Å². The number of hydrogen-bond acceptors (Lipinski definition) is 1. The molecule has 142 valence electrons. The van der Waals surface area contributed by atoms with E-state index in [-0.39, 0.29) is 0 Å². The fourth-order valence-electron chi connectivity index (χ4n) is 3.76. The van der Waals surface area contributed by atoms with Crippen LogP contribution >= 0.6 is 0 Å². The van der Waals surface area contributed by atoms with E-state index in [1.807, 2.05) is 0 Å². The summed E-state index contributed by atoms with van der Waals surface area (Å²) in [7, 11) is -0.243. The van der Waals surface area contributed by atoms with Crippen molar-refractivity contribution in [2.75, 3.05) is 20.1 Å². The maximum absolute atomic E-state index is 2.55. The lowest BCUT2D eigenvalue weighted by Gasteiger charge is -2.26. The van der Waals surface area contributed by atoms with E-state index in [1.54, 1.807) is 10.4 Å². The fraction of sp³-hybridized carbons (Fsp3) is 0.478. The summed E-state index contributed by atoms with van der Waals surface area (Å²) >= 11 is 0. The molecule has 0 atom stereocenters. The zero-order valence-corrected chi connectivity index (χ0v) is 19.5. The van der Waals surface area contributed by atoms with Gasteiger partial charge in [-0.2, -0.15) is 0 Å². The van der Waals surface area contributed by atoms with Gasteiger partial charge in [0, 0.05) is 0 Å². The van der Waals surface area contributed by atoms with Crippen LogP contribution in [0.15, 0.2) is 60.7 Å². The van der Waals surface area contributed by atoms with Crippen LogP contribution < -0.4 is 10.4 Å². The Kier molecular flexibility index (Phi) is 7.87. The molecule has 0 radical (unpaired) electrons. The fourth-order valence-corrected chi connectivity index (χ4v) is 8.61. The third-order valence-corrected chi connectivity index (χ3v) is 12.8. The molecular weight excluding hydrogens is 346 g/mol. The summed E-state index contributed by atoms with van der Waals surface area (Å²) in [5.74, 6) is 0. The van der Waals surface area contributed by atoms with Crippen LogP contribution in [0.5, 0.6) is 0 Å². The molecule has 0 aliphatic carbocycles. The lowest BCUT2D eigenvalue weighted by atomic mass is 10.4. The minimum atomic E-state index is -1.27. The predicted molar refractivity (Wildman–Crippen MR) is 123 cm³/mol. The number of hydrogen-bond donors (Lipinski definition) is 0. The second kappa shape index (κ2) is 9.68. The van der Waals surface area contributed by atoms with Crippen molar-refractivity contribution in [3.05, 3.63) is 60.7 Å². The van der Waals surface area contributed by atoms with E-state index in [4.69, 9.17) is 0 Å². The van der Waals surface area contributed by atoms with E-state index in [2.05, 4.69) is 98.8 Å². The minimum absolute atomic E-state index is 1.23. The van der Waals surface area contributed by atoms with E-state index in [9.17, 15) is 0 Å². The Morgan fingerprint density at radius 2 is 0.962 bits per heavy atom. The standard InChI is InChI=1S/C23H37NSi2/c1-24(18-12-20-25(2,3)22-14-8-6-9-15-22)19-13-21-26(4,5)23-16-10-7-11-17-23/h6-11,14-17H,12-13,18-21H2,1-5H3. The molecule has 0 saturated carbocycles. The Morgan fingerprint density at radius 3 is 1.31 bits per heavy atom. The van der Waals surface area contributed by atoms with Gasteiger partial charge in [0.1, 0.15) is 0 Å². The van der Waals surface area contributed by atoms with Crippen molar-refractivity contribution in [1.82, 2.24) is 4.90 Å². The Hall–Kier alpha value is -1.17. The van der Waals surface area contributed by atoms with Crippen LogP contribution in [0.3, 0.4) is 0 Å². The second-order valence-electron chi connectivity index (χ2n) is 9.01. The third kappa shape index (κ3) is 6.53. The minimum Gasteiger partial charge on any atom is -0.306 e. The van der Waals surface area contributed by atoms with Crippen molar-refractivity contribution in [2.45, 2.75) is 51.1 Å². The van der Waals surface area contributed by atoms with Gasteiger partial charge in [0.15, 0.2) is 0 Å². The summed E-state index contributed by atoms with van der Waals surface area (Å²) in [5, 5.41) is 3.19. The number of benzene rings is 2. The summed E-state index contributed by atoms with van der Waals surface area (Å²) in [4.78, 5) is 2.55. The number of rotatable bonds is 10. The Labute approximate surface area is 163 Å². The highest BCUT2D eigenvalue weighted by Crippen LogP contribution is 2.15. The van der Waals surface area contributed by atoms with Crippen LogP contribution in [0.2, 0.25) is 38.3 Å². The molecule has 0 bridgehead atoms. The lowest BCUT2D eigenvalue weighted by molar-refractivity contribution is 0.334. The van der Waals surface area contributed by atoms with E-state index in [1.165, 1.54) is 38.0 Å². The second-order valence-corrected chi connectivity index (χ2v) is 18.7. The van der Waals surface area contributed by atoms with Crippen LogP contribution in [0.4, 0.5) is 0 Å². The molecule has 0 aromatic heterocycles. The van der Waals surface area contributed by atoms with Crippen LogP contribution in [0, 0.1) is 0 Å². The van der Waals surface area contributed by atoms with Crippen LogP contribution in [-0.2, 0) is 0 Å². The zero-order valence-electron chi connectivity index (χ0n) is 17.5. The van der Waals surface area contributed by atoms with Crippen LogP contribution in [-0.4, -0.2) is 41.2 Å². The van der Waals surface area contributed by atoms with Crippen molar-refractivity contribution >= 4 is 26.5 Å². The Morgan fingerprint density at radius 1 is 0.615 bits per heavy atom. The zero-order chi connectivity index (χ0) is 19.0. The quantitative estimate of drug-likeness (QED) is 0.526. The predicted octanol–water partition coefficient (Wildman–Crippen LogP) is 4.93. The normalized spacial score (nSPS) is 12.5. The van der Waals surface area contributed by atoms with Gasteiger partial charge in [-0.3, -0.25) is 0 Å². The number of nitrogens with zero attached hydrogens (tertiary/aromatic N) is 1. The van der Waals surface area contributed by atoms with Gasteiger partial charge in [0.05, 0.1) is 16.1 Å². The molecule has 26 heavy (non-hydrogen) atoms. The topological polar surface area (TPSA) is 3.24 Å². The van der Waals surface area contributed by atoms with Gasteiger partial charge in [-0.1, -0.05) is 109 Å². The SMILES string of the molecule is CN(CCC[Si](C)(C)c1ccccc1)CCC[Si](C)(C)c1ccccc1. The van der Waals surface area contributed by atoms with E-state index >= 15 is 0 Å². The summed E-state index contributed by atoms with van der Waals surface area (Å²) in [5.41, 5.74) is 0. The molecule has 0 unspecified atom stereocenters.